The fourth-order valence-electron chi connectivity index (χ4n) is 2.28. The zero-order valence-electron chi connectivity index (χ0n) is 16.0. The van der Waals surface area contributed by atoms with Crippen LogP contribution in [0.4, 0.5) is 13.2 Å². The third kappa shape index (κ3) is 6.07. The summed E-state index contributed by atoms with van der Waals surface area (Å²) in [5.74, 6) is -0.636. The van der Waals surface area contributed by atoms with Gasteiger partial charge in [-0.1, -0.05) is 26.0 Å². The van der Waals surface area contributed by atoms with Gasteiger partial charge in [0.25, 0.3) is 5.91 Å². The van der Waals surface area contributed by atoms with Gasteiger partial charge in [0.05, 0.1) is 10.6 Å². The van der Waals surface area contributed by atoms with Crippen molar-refractivity contribution in [3.8, 4) is 16.3 Å². The lowest BCUT2D eigenvalue weighted by Gasteiger charge is -2.18. The zero-order chi connectivity index (χ0) is 21.9. The maximum absolute atomic E-state index is 12.4. The SMILES string of the molecule is CC(C)(CO)CN=C1NC(=O)/C(=C/c2csc(-c3cccc(OC(F)(F)F)c3)n2)S1. The molecule has 1 amide bonds. The van der Waals surface area contributed by atoms with E-state index in [4.69, 9.17) is 0 Å². The van der Waals surface area contributed by atoms with Crippen LogP contribution in [-0.2, 0) is 4.79 Å². The van der Waals surface area contributed by atoms with E-state index in [0.29, 0.717) is 32.9 Å². The maximum Gasteiger partial charge on any atom is 0.573 e. The Morgan fingerprint density at radius 1 is 1.33 bits per heavy atom. The lowest BCUT2D eigenvalue weighted by molar-refractivity contribution is -0.274. The van der Waals surface area contributed by atoms with Crippen LogP contribution in [0.15, 0.2) is 39.5 Å². The van der Waals surface area contributed by atoms with E-state index in [1.807, 2.05) is 13.8 Å². The molecule has 0 aliphatic carbocycles. The number of aliphatic hydroxyl groups excluding tert-OH is 1. The van der Waals surface area contributed by atoms with E-state index >= 15 is 0 Å². The van der Waals surface area contributed by atoms with Crippen molar-refractivity contribution in [3.05, 3.63) is 40.2 Å². The Labute approximate surface area is 178 Å². The molecule has 1 aromatic heterocycles. The average Bonchev–Trinajstić information content (AvgIpc) is 3.26. The van der Waals surface area contributed by atoms with Gasteiger partial charge in [0.2, 0.25) is 0 Å². The first-order chi connectivity index (χ1) is 14.0. The monoisotopic (exact) mass is 457 g/mol. The molecule has 0 unspecified atom stereocenters. The number of nitrogens with one attached hydrogen (secondary N) is 1. The van der Waals surface area contributed by atoms with Crippen LogP contribution in [0.3, 0.4) is 0 Å². The van der Waals surface area contributed by atoms with Crippen LogP contribution in [0.5, 0.6) is 5.75 Å². The summed E-state index contributed by atoms with van der Waals surface area (Å²) in [6, 6.07) is 5.55. The van der Waals surface area contributed by atoms with E-state index < -0.39 is 6.36 Å². The van der Waals surface area contributed by atoms with Gasteiger partial charge >= 0.3 is 6.36 Å². The summed E-state index contributed by atoms with van der Waals surface area (Å²) in [5, 5.41) is 14.6. The van der Waals surface area contributed by atoms with Crippen molar-refractivity contribution >= 4 is 40.2 Å². The Morgan fingerprint density at radius 2 is 2.10 bits per heavy atom. The second-order valence-electron chi connectivity index (χ2n) is 7.16. The van der Waals surface area contributed by atoms with E-state index in [1.165, 1.54) is 41.3 Å². The number of amides is 1. The van der Waals surface area contributed by atoms with Crippen LogP contribution in [0, 0.1) is 5.41 Å². The van der Waals surface area contributed by atoms with Crippen molar-refractivity contribution in [1.82, 2.24) is 10.3 Å². The van der Waals surface area contributed by atoms with Crippen LogP contribution < -0.4 is 10.1 Å². The van der Waals surface area contributed by atoms with Crippen LogP contribution in [-0.4, -0.2) is 40.7 Å². The lowest BCUT2D eigenvalue weighted by Crippen LogP contribution is -2.24. The van der Waals surface area contributed by atoms with Gasteiger partial charge in [0.15, 0.2) is 5.17 Å². The molecule has 0 radical (unpaired) electrons. The van der Waals surface area contributed by atoms with Gasteiger partial charge < -0.3 is 15.2 Å². The number of hydrogen-bond acceptors (Lipinski definition) is 7. The molecule has 2 heterocycles. The second kappa shape index (κ2) is 8.78. The van der Waals surface area contributed by atoms with Gasteiger partial charge in [0, 0.05) is 29.5 Å². The summed E-state index contributed by atoms with van der Waals surface area (Å²) >= 11 is 2.41. The largest absolute Gasteiger partial charge is 0.573 e. The molecule has 0 bridgehead atoms. The fourth-order valence-corrected chi connectivity index (χ4v) is 3.86. The van der Waals surface area contributed by atoms with Gasteiger partial charge in [-0.25, -0.2) is 4.98 Å². The Morgan fingerprint density at radius 3 is 2.80 bits per heavy atom. The number of nitrogens with zero attached hydrogens (tertiary/aromatic N) is 2. The minimum absolute atomic E-state index is 0.0259. The number of carbonyl (C=O) groups is 1. The molecule has 1 aliphatic rings. The van der Waals surface area contributed by atoms with Crippen molar-refractivity contribution < 1.29 is 27.8 Å². The van der Waals surface area contributed by atoms with Crippen molar-refractivity contribution in [2.45, 2.75) is 20.2 Å². The Kier molecular flexibility index (Phi) is 6.53. The van der Waals surface area contributed by atoms with E-state index in [9.17, 15) is 23.1 Å². The van der Waals surface area contributed by atoms with E-state index in [-0.39, 0.29) is 23.7 Å². The number of carbonyl (C=O) groups excluding carboxylic acids is 1. The Balaban J connectivity index is 1.74. The molecular formula is C19H18F3N3O3S2. The number of aliphatic imine (C=N–C) groups is 1. The number of ether oxygens (including phenoxy) is 1. The van der Waals surface area contributed by atoms with Crippen molar-refractivity contribution in [1.29, 1.82) is 0 Å². The first kappa shape index (κ1) is 22.3. The molecule has 1 aromatic carbocycles. The number of thiazole rings is 1. The molecule has 1 fully saturated rings. The highest BCUT2D eigenvalue weighted by Gasteiger charge is 2.31. The van der Waals surface area contributed by atoms with Gasteiger partial charge in [-0.2, -0.15) is 0 Å². The molecule has 2 aromatic rings. The molecule has 6 nitrogen and oxygen atoms in total. The maximum atomic E-state index is 12.4. The minimum atomic E-state index is -4.77. The zero-order valence-corrected chi connectivity index (χ0v) is 17.6. The number of aliphatic hydroxyl groups is 1. The van der Waals surface area contributed by atoms with Gasteiger partial charge in [-0.3, -0.25) is 9.79 Å². The van der Waals surface area contributed by atoms with Crippen molar-refractivity contribution in [3.63, 3.8) is 0 Å². The number of hydrogen-bond donors (Lipinski definition) is 2. The van der Waals surface area contributed by atoms with Crippen LogP contribution in [0.25, 0.3) is 16.6 Å². The smallest absolute Gasteiger partial charge is 0.406 e. The third-order valence-corrected chi connectivity index (χ3v) is 5.70. The third-order valence-electron chi connectivity index (χ3n) is 3.85. The molecule has 2 N–H and O–H groups in total. The predicted molar refractivity (Wildman–Crippen MR) is 111 cm³/mol. The molecule has 0 atom stereocenters. The standard InChI is InChI=1S/C19H18F3N3O3S2/c1-18(2,10-26)9-23-17-25-15(27)14(30-17)7-12-8-29-16(24-12)11-4-3-5-13(6-11)28-19(20,21)22/h3-8,26H,9-10H2,1-2H3,(H,23,25,27)/b14-7-. The number of rotatable bonds is 6. The van der Waals surface area contributed by atoms with Crippen molar-refractivity contribution in [2.24, 2.45) is 10.4 Å². The van der Waals surface area contributed by atoms with Crippen LogP contribution >= 0.6 is 23.1 Å². The van der Waals surface area contributed by atoms with Crippen molar-refractivity contribution in [2.75, 3.05) is 13.2 Å². The highest BCUT2D eigenvalue weighted by atomic mass is 32.2. The van der Waals surface area contributed by atoms with Gasteiger partial charge in [-0.05, 0) is 30.0 Å². The summed E-state index contributed by atoms with van der Waals surface area (Å²) < 4.78 is 41.2. The highest BCUT2D eigenvalue weighted by Crippen LogP contribution is 2.32. The molecule has 30 heavy (non-hydrogen) atoms. The molecule has 160 valence electrons. The molecule has 1 aliphatic heterocycles. The summed E-state index contributed by atoms with van der Waals surface area (Å²) in [6.07, 6.45) is -3.18. The van der Waals surface area contributed by atoms with E-state index in [1.54, 1.807) is 17.5 Å². The summed E-state index contributed by atoms with van der Waals surface area (Å²) in [6.45, 7) is 4.06. The number of halogens is 3. The minimum Gasteiger partial charge on any atom is -0.406 e. The molecule has 0 spiro atoms. The summed E-state index contributed by atoms with van der Waals surface area (Å²) in [7, 11) is 0. The predicted octanol–water partition coefficient (Wildman–Crippen LogP) is 4.29. The number of benzene rings is 1. The second-order valence-corrected chi connectivity index (χ2v) is 9.05. The van der Waals surface area contributed by atoms with Gasteiger partial charge in [-0.15, -0.1) is 24.5 Å². The van der Waals surface area contributed by atoms with Gasteiger partial charge in [0.1, 0.15) is 10.8 Å². The molecule has 1 saturated heterocycles. The highest BCUT2D eigenvalue weighted by molar-refractivity contribution is 8.18. The summed E-state index contributed by atoms with van der Waals surface area (Å²) in [4.78, 5) is 21.3. The molecule has 11 heteroatoms. The quantitative estimate of drug-likeness (QED) is 0.633. The molecule has 3 rings (SSSR count). The number of thioether (sulfide) groups is 1. The molecular weight excluding hydrogens is 439 g/mol. The lowest BCUT2D eigenvalue weighted by atomic mass is 9.95. The molecule has 0 saturated carbocycles. The van der Waals surface area contributed by atoms with Crippen LogP contribution in [0.1, 0.15) is 19.5 Å². The number of aromatic nitrogens is 1. The van der Waals surface area contributed by atoms with E-state index in [0.717, 1.165) is 0 Å². The first-order valence-corrected chi connectivity index (χ1v) is 10.4. The number of alkyl halides is 3. The first-order valence-electron chi connectivity index (χ1n) is 8.73. The summed E-state index contributed by atoms with van der Waals surface area (Å²) in [5.41, 5.74) is 0.592. The Hall–Kier alpha value is -2.37. The van der Waals surface area contributed by atoms with Crippen LogP contribution in [0.2, 0.25) is 0 Å². The normalized spacial score (nSPS) is 17.6. The topological polar surface area (TPSA) is 83.8 Å². The number of amidine groups is 1. The Bertz CT molecular complexity index is 1000. The van der Waals surface area contributed by atoms with E-state index in [2.05, 4.69) is 20.0 Å². The average molecular weight is 457 g/mol. The fraction of sp³-hybridized carbons (Fsp3) is 0.316.